The van der Waals surface area contributed by atoms with Gasteiger partial charge in [0.25, 0.3) is 0 Å². The molecule has 1 unspecified atom stereocenters. The fraction of sp³-hybridized carbons (Fsp3) is 0.600. The zero-order valence-corrected chi connectivity index (χ0v) is 11.1. The highest BCUT2D eigenvalue weighted by molar-refractivity contribution is 5.18. The van der Waals surface area contributed by atoms with E-state index in [1.807, 2.05) is 7.05 Å². The predicted octanol–water partition coefficient (Wildman–Crippen LogP) is 3.78. The number of nitrogens with one attached hydrogen (secondary N) is 1. The van der Waals surface area contributed by atoms with Crippen molar-refractivity contribution >= 4 is 0 Å². The normalized spacial score (nSPS) is 21.3. The molecule has 1 atom stereocenters. The summed E-state index contributed by atoms with van der Waals surface area (Å²) in [6, 6.07) is 6.73. The van der Waals surface area contributed by atoms with Crippen LogP contribution in [0.15, 0.2) is 24.3 Å². The van der Waals surface area contributed by atoms with E-state index in [-0.39, 0.29) is 30.6 Å². The van der Waals surface area contributed by atoms with Crippen LogP contribution in [0.25, 0.3) is 0 Å². The van der Waals surface area contributed by atoms with Crippen molar-refractivity contribution in [2.24, 2.45) is 5.92 Å². The highest BCUT2D eigenvalue weighted by Gasteiger charge is 2.37. The molecule has 2 rings (SSSR count). The summed E-state index contributed by atoms with van der Waals surface area (Å²) in [5.41, 5.74) is 0.652. The Labute approximate surface area is 112 Å². The summed E-state index contributed by atoms with van der Waals surface area (Å²) in [5.74, 6) is -2.53. The highest BCUT2D eigenvalue weighted by Crippen LogP contribution is 2.38. The van der Waals surface area contributed by atoms with Crippen molar-refractivity contribution in [1.82, 2.24) is 5.32 Å². The van der Waals surface area contributed by atoms with Gasteiger partial charge in [0.05, 0.1) is 0 Å². The summed E-state index contributed by atoms with van der Waals surface area (Å²) in [4.78, 5) is 0. The first-order valence-corrected chi connectivity index (χ1v) is 6.80. The maximum Gasteiger partial charge on any atom is 0.248 e. The van der Waals surface area contributed by atoms with Crippen LogP contribution in [0.4, 0.5) is 13.2 Å². The summed E-state index contributed by atoms with van der Waals surface area (Å²) in [6.45, 7) is 0. The minimum absolute atomic E-state index is 0.0485. The number of hydrogen-bond acceptors (Lipinski definition) is 1. The first-order valence-electron chi connectivity index (χ1n) is 6.80. The molecule has 1 aromatic carbocycles. The van der Waals surface area contributed by atoms with Gasteiger partial charge in [-0.2, -0.15) is 0 Å². The van der Waals surface area contributed by atoms with Crippen LogP contribution in [0.5, 0.6) is 0 Å². The predicted molar refractivity (Wildman–Crippen MR) is 69.9 cm³/mol. The van der Waals surface area contributed by atoms with Crippen molar-refractivity contribution in [1.29, 1.82) is 0 Å². The second-order valence-corrected chi connectivity index (χ2v) is 5.38. The lowest BCUT2D eigenvalue weighted by molar-refractivity contribution is -0.0493. The molecule has 106 valence electrons. The fourth-order valence-corrected chi connectivity index (χ4v) is 2.87. The topological polar surface area (TPSA) is 12.0 Å². The smallest absolute Gasteiger partial charge is 0.248 e. The minimum Gasteiger partial charge on any atom is -0.316 e. The molecule has 0 bridgehead atoms. The molecule has 1 aliphatic rings. The lowest BCUT2D eigenvalue weighted by Crippen LogP contribution is -2.39. The molecule has 1 nitrogen and oxygen atoms in total. The van der Waals surface area contributed by atoms with E-state index in [1.165, 1.54) is 6.07 Å². The van der Waals surface area contributed by atoms with Crippen molar-refractivity contribution in [3.05, 3.63) is 35.6 Å². The molecular formula is C15H20F3N. The van der Waals surface area contributed by atoms with Gasteiger partial charge in [-0.25, -0.2) is 13.2 Å². The molecule has 1 saturated carbocycles. The number of rotatable bonds is 4. The maximum absolute atomic E-state index is 13.6. The molecule has 0 aliphatic heterocycles. The SMILES string of the molecule is CNC(Cc1ccccc1F)C1CCC(F)(F)CC1. The van der Waals surface area contributed by atoms with Crippen molar-refractivity contribution in [2.75, 3.05) is 7.05 Å². The molecule has 0 aromatic heterocycles. The van der Waals surface area contributed by atoms with Crippen molar-refractivity contribution in [3.8, 4) is 0 Å². The third-order valence-corrected chi connectivity index (χ3v) is 4.10. The fourth-order valence-electron chi connectivity index (χ4n) is 2.87. The van der Waals surface area contributed by atoms with Gasteiger partial charge in [0, 0.05) is 18.9 Å². The molecule has 0 saturated heterocycles. The van der Waals surface area contributed by atoms with Crippen LogP contribution < -0.4 is 5.32 Å². The zero-order chi connectivity index (χ0) is 13.9. The Kier molecular flexibility index (Phi) is 4.50. The monoisotopic (exact) mass is 271 g/mol. The Morgan fingerprint density at radius 2 is 1.89 bits per heavy atom. The van der Waals surface area contributed by atoms with Crippen LogP contribution in [-0.4, -0.2) is 19.0 Å². The van der Waals surface area contributed by atoms with Gasteiger partial charge in [-0.3, -0.25) is 0 Å². The van der Waals surface area contributed by atoms with Gasteiger partial charge in [-0.15, -0.1) is 0 Å². The molecule has 0 radical (unpaired) electrons. The third kappa shape index (κ3) is 3.72. The first kappa shape index (κ1) is 14.4. The maximum atomic E-state index is 13.6. The highest BCUT2D eigenvalue weighted by atomic mass is 19.3. The van der Waals surface area contributed by atoms with Gasteiger partial charge in [0.15, 0.2) is 0 Å². The van der Waals surface area contributed by atoms with E-state index in [0.29, 0.717) is 24.8 Å². The summed E-state index contributed by atoms with van der Waals surface area (Å²) in [5, 5.41) is 3.16. The molecule has 19 heavy (non-hydrogen) atoms. The van der Waals surface area contributed by atoms with Crippen molar-refractivity contribution < 1.29 is 13.2 Å². The van der Waals surface area contributed by atoms with Crippen LogP contribution in [0.1, 0.15) is 31.2 Å². The number of benzene rings is 1. The van der Waals surface area contributed by atoms with Gasteiger partial charge in [-0.05, 0) is 43.9 Å². The zero-order valence-electron chi connectivity index (χ0n) is 11.1. The quantitative estimate of drug-likeness (QED) is 0.878. The van der Waals surface area contributed by atoms with Crippen molar-refractivity contribution in [3.63, 3.8) is 0 Å². The van der Waals surface area contributed by atoms with E-state index in [4.69, 9.17) is 0 Å². The Hall–Kier alpha value is -1.03. The van der Waals surface area contributed by atoms with E-state index in [1.54, 1.807) is 18.2 Å². The molecule has 0 heterocycles. The molecule has 0 amide bonds. The molecule has 1 aromatic rings. The molecule has 1 fully saturated rings. The van der Waals surface area contributed by atoms with E-state index in [0.717, 1.165) is 0 Å². The molecular weight excluding hydrogens is 251 g/mol. The number of alkyl halides is 2. The van der Waals surface area contributed by atoms with Crippen LogP contribution in [0.3, 0.4) is 0 Å². The van der Waals surface area contributed by atoms with Gasteiger partial charge < -0.3 is 5.32 Å². The third-order valence-electron chi connectivity index (χ3n) is 4.10. The number of halogens is 3. The van der Waals surface area contributed by atoms with E-state index < -0.39 is 5.92 Å². The van der Waals surface area contributed by atoms with E-state index >= 15 is 0 Å². The second-order valence-electron chi connectivity index (χ2n) is 5.38. The average Bonchev–Trinajstić information content (AvgIpc) is 2.38. The van der Waals surface area contributed by atoms with Crippen LogP contribution in [-0.2, 0) is 6.42 Å². The summed E-state index contributed by atoms with van der Waals surface area (Å²) in [7, 11) is 1.82. The standard InChI is InChI=1S/C15H20F3N/c1-19-14(10-12-4-2-3-5-13(12)16)11-6-8-15(17,18)9-7-11/h2-5,11,14,19H,6-10H2,1H3. The molecule has 4 heteroatoms. The summed E-state index contributed by atoms with van der Waals surface area (Å²) < 4.78 is 39.9. The van der Waals surface area contributed by atoms with Gasteiger partial charge in [-0.1, -0.05) is 18.2 Å². The molecule has 1 N–H and O–H groups in total. The van der Waals surface area contributed by atoms with E-state index in [9.17, 15) is 13.2 Å². The summed E-state index contributed by atoms with van der Waals surface area (Å²) in [6.07, 6.45) is 1.47. The first-order chi connectivity index (χ1) is 9.02. The van der Waals surface area contributed by atoms with Crippen LogP contribution in [0, 0.1) is 11.7 Å². The van der Waals surface area contributed by atoms with E-state index in [2.05, 4.69) is 5.32 Å². The minimum atomic E-state index is -2.51. The van der Waals surface area contributed by atoms with Crippen LogP contribution in [0.2, 0.25) is 0 Å². The Bertz CT molecular complexity index is 410. The van der Waals surface area contributed by atoms with Gasteiger partial charge in [0.1, 0.15) is 5.82 Å². The van der Waals surface area contributed by atoms with Crippen LogP contribution >= 0.6 is 0 Å². The molecule has 1 aliphatic carbocycles. The lowest BCUT2D eigenvalue weighted by Gasteiger charge is -2.33. The number of likely N-dealkylation sites (N-methyl/N-ethyl adjacent to an activating group) is 1. The Morgan fingerprint density at radius 1 is 1.26 bits per heavy atom. The largest absolute Gasteiger partial charge is 0.316 e. The second kappa shape index (κ2) is 5.95. The Balaban J connectivity index is 1.99. The number of hydrogen-bond donors (Lipinski definition) is 1. The van der Waals surface area contributed by atoms with Gasteiger partial charge in [0.2, 0.25) is 5.92 Å². The van der Waals surface area contributed by atoms with Crippen molar-refractivity contribution in [2.45, 2.75) is 44.1 Å². The lowest BCUT2D eigenvalue weighted by atomic mass is 9.80. The van der Waals surface area contributed by atoms with Gasteiger partial charge >= 0.3 is 0 Å². The molecule has 0 spiro atoms. The Morgan fingerprint density at radius 3 is 2.47 bits per heavy atom. The summed E-state index contributed by atoms with van der Waals surface area (Å²) >= 11 is 0. The average molecular weight is 271 g/mol.